The van der Waals surface area contributed by atoms with Crippen LogP contribution in [0.25, 0.3) is 0 Å². The minimum atomic E-state index is -3.49. The molecule has 2 aliphatic rings. The number of rotatable bonds is 3. The van der Waals surface area contributed by atoms with Gasteiger partial charge in [-0.15, -0.1) is 0 Å². The van der Waals surface area contributed by atoms with Crippen LogP contribution in [0.3, 0.4) is 0 Å². The van der Waals surface area contributed by atoms with Crippen molar-refractivity contribution in [3.63, 3.8) is 0 Å². The monoisotopic (exact) mass is 351 g/mol. The first kappa shape index (κ1) is 17.4. The van der Waals surface area contributed by atoms with E-state index in [1.807, 2.05) is 26.1 Å². The molecule has 1 N–H and O–H groups in total. The number of nitrogens with zero attached hydrogens (tertiary/aromatic N) is 2. The predicted molar refractivity (Wildman–Crippen MR) is 92.1 cm³/mol. The van der Waals surface area contributed by atoms with Crippen LogP contribution in [0.15, 0.2) is 29.2 Å². The normalized spacial score (nSPS) is 28.5. The van der Waals surface area contributed by atoms with E-state index in [-0.39, 0.29) is 17.4 Å². The van der Waals surface area contributed by atoms with E-state index in [4.69, 9.17) is 0 Å². The van der Waals surface area contributed by atoms with Crippen molar-refractivity contribution >= 4 is 15.9 Å². The molecule has 0 unspecified atom stereocenters. The molecule has 1 aromatic rings. The van der Waals surface area contributed by atoms with E-state index in [1.165, 1.54) is 6.92 Å². The van der Waals surface area contributed by atoms with Crippen LogP contribution in [0, 0.1) is 12.8 Å². The molecule has 0 radical (unpaired) electrons. The Hall–Kier alpha value is -1.44. The van der Waals surface area contributed by atoms with Gasteiger partial charge in [-0.25, -0.2) is 8.42 Å². The molecule has 132 valence electrons. The summed E-state index contributed by atoms with van der Waals surface area (Å²) in [4.78, 5) is 14.1. The molecule has 0 saturated carbocycles. The molecule has 2 heterocycles. The summed E-state index contributed by atoms with van der Waals surface area (Å²) in [6.07, 6.45) is 0.646. The smallest absolute Gasteiger partial charge is 0.243 e. The van der Waals surface area contributed by atoms with Gasteiger partial charge in [0.1, 0.15) is 0 Å². The zero-order valence-electron chi connectivity index (χ0n) is 14.4. The molecule has 2 saturated heterocycles. The highest BCUT2D eigenvalue weighted by atomic mass is 32.2. The zero-order valence-corrected chi connectivity index (χ0v) is 15.3. The third-order valence-electron chi connectivity index (χ3n) is 5.18. The first-order chi connectivity index (χ1) is 11.2. The lowest BCUT2D eigenvalue weighted by Crippen LogP contribution is -2.61. The minimum Gasteiger partial charge on any atom is -0.349 e. The summed E-state index contributed by atoms with van der Waals surface area (Å²) in [6, 6.07) is 6.98. The molecule has 24 heavy (non-hydrogen) atoms. The highest BCUT2D eigenvalue weighted by Crippen LogP contribution is 2.36. The van der Waals surface area contributed by atoms with Crippen molar-refractivity contribution in [2.24, 2.45) is 5.92 Å². The second kappa shape index (κ2) is 6.13. The topological polar surface area (TPSA) is 69.7 Å². The maximum Gasteiger partial charge on any atom is 0.243 e. The molecule has 1 amide bonds. The van der Waals surface area contributed by atoms with Crippen molar-refractivity contribution in [2.45, 2.75) is 30.7 Å². The first-order valence-electron chi connectivity index (χ1n) is 8.27. The Morgan fingerprint density at radius 1 is 1.25 bits per heavy atom. The Bertz CT molecular complexity index is 732. The number of benzene rings is 1. The van der Waals surface area contributed by atoms with Crippen LogP contribution < -0.4 is 5.32 Å². The number of piperidine rings is 1. The molecule has 2 atom stereocenters. The number of sulfonamides is 1. The van der Waals surface area contributed by atoms with Gasteiger partial charge in [-0.1, -0.05) is 17.7 Å². The lowest BCUT2D eigenvalue weighted by molar-refractivity contribution is -0.121. The van der Waals surface area contributed by atoms with Crippen LogP contribution in [0.5, 0.6) is 0 Å². The lowest BCUT2D eigenvalue weighted by Gasteiger charge is -2.43. The van der Waals surface area contributed by atoms with Gasteiger partial charge in [0.15, 0.2) is 0 Å². The fraction of sp³-hybridized carbons (Fsp3) is 0.588. The first-order valence-corrected chi connectivity index (χ1v) is 9.71. The minimum absolute atomic E-state index is 0.0508. The second-order valence-corrected chi connectivity index (χ2v) is 9.10. The third-order valence-corrected chi connectivity index (χ3v) is 7.06. The van der Waals surface area contributed by atoms with E-state index in [0.29, 0.717) is 24.4 Å². The summed E-state index contributed by atoms with van der Waals surface area (Å²) in [6.45, 7) is 5.91. The molecule has 0 aliphatic carbocycles. The van der Waals surface area contributed by atoms with Gasteiger partial charge in [0, 0.05) is 39.0 Å². The van der Waals surface area contributed by atoms with Gasteiger partial charge in [-0.2, -0.15) is 4.31 Å². The van der Waals surface area contributed by atoms with E-state index in [2.05, 4.69) is 10.2 Å². The fourth-order valence-electron chi connectivity index (χ4n) is 4.04. The molecular formula is C17H25N3O3S. The maximum absolute atomic E-state index is 12.9. The lowest BCUT2D eigenvalue weighted by atomic mass is 9.81. The van der Waals surface area contributed by atoms with E-state index in [0.717, 1.165) is 18.7 Å². The summed E-state index contributed by atoms with van der Waals surface area (Å²) in [7, 11) is -1.47. The zero-order chi connectivity index (χ0) is 17.5. The van der Waals surface area contributed by atoms with E-state index in [1.54, 1.807) is 16.4 Å². The summed E-state index contributed by atoms with van der Waals surface area (Å²) in [5.74, 6) is 0.0607. The fourth-order valence-corrected chi connectivity index (χ4v) is 5.52. The molecular weight excluding hydrogens is 326 g/mol. The molecule has 1 aromatic carbocycles. The summed E-state index contributed by atoms with van der Waals surface area (Å²) in [5.41, 5.74) is 0.731. The highest BCUT2D eigenvalue weighted by Gasteiger charge is 2.50. The standard InChI is InChI=1S/C17H25N3O3S/c1-13-4-6-16(7-5-13)24(22,23)20-9-8-17(18-14(2)21)12-19(3)10-15(17)11-20/h4-7,15H,8-12H2,1-3H3,(H,18,21)/t15-,17+/m0/s1. The van der Waals surface area contributed by atoms with Gasteiger partial charge in [0.25, 0.3) is 0 Å². The number of hydrogen-bond donors (Lipinski definition) is 1. The number of hydrogen-bond acceptors (Lipinski definition) is 4. The molecule has 2 fully saturated rings. The van der Waals surface area contributed by atoms with Crippen molar-refractivity contribution in [3.8, 4) is 0 Å². The number of likely N-dealkylation sites (tertiary alicyclic amines) is 1. The molecule has 0 aromatic heterocycles. The van der Waals surface area contributed by atoms with Crippen LogP contribution in [0.2, 0.25) is 0 Å². The van der Waals surface area contributed by atoms with Gasteiger partial charge in [0.2, 0.25) is 15.9 Å². The van der Waals surface area contributed by atoms with Gasteiger partial charge < -0.3 is 10.2 Å². The quantitative estimate of drug-likeness (QED) is 0.876. The van der Waals surface area contributed by atoms with Crippen LogP contribution in [0.1, 0.15) is 18.9 Å². The van der Waals surface area contributed by atoms with Crippen molar-refractivity contribution in [3.05, 3.63) is 29.8 Å². The number of amides is 1. The van der Waals surface area contributed by atoms with E-state index in [9.17, 15) is 13.2 Å². The molecule has 3 rings (SSSR count). The molecule has 7 heteroatoms. The van der Waals surface area contributed by atoms with Crippen molar-refractivity contribution in [2.75, 3.05) is 33.2 Å². The SMILES string of the molecule is CC(=O)N[C@@]12CCN(S(=O)(=O)c3ccc(C)cc3)C[C@@H]1CN(C)C2. The summed E-state index contributed by atoms with van der Waals surface area (Å²) < 4.78 is 27.4. The van der Waals surface area contributed by atoms with Crippen molar-refractivity contribution < 1.29 is 13.2 Å². The molecule has 0 bridgehead atoms. The number of likely N-dealkylation sites (N-methyl/N-ethyl adjacent to an activating group) is 1. The third kappa shape index (κ3) is 3.08. The Labute approximate surface area is 143 Å². The average Bonchev–Trinajstić information content (AvgIpc) is 2.81. The van der Waals surface area contributed by atoms with Crippen molar-refractivity contribution in [1.82, 2.24) is 14.5 Å². The van der Waals surface area contributed by atoms with Crippen LogP contribution in [-0.2, 0) is 14.8 Å². The van der Waals surface area contributed by atoms with Crippen LogP contribution in [0.4, 0.5) is 0 Å². The maximum atomic E-state index is 12.9. The average molecular weight is 351 g/mol. The number of carbonyl (C=O) groups is 1. The summed E-state index contributed by atoms with van der Waals surface area (Å²) >= 11 is 0. The molecule has 2 aliphatic heterocycles. The molecule has 0 spiro atoms. The Kier molecular flexibility index (Phi) is 4.44. The van der Waals surface area contributed by atoms with Gasteiger partial charge in [-0.3, -0.25) is 4.79 Å². The van der Waals surface area contributed by atoms with Crippen molar-refractivity contribution in [1.29, 1.82) is 0 Å². The Morgan fingerprint density at radius 2 is 1.92 bits per heavy atom. The van der Waals surface area contributed by atoms with Gasteiger partial charge in [0.05, 0.1) is 10.4 Å². The highest BCUT2D eigenvalue weighted by molar-refractivity contribution is 7.89. The number of fused-ring (bicyclic) bond motifs is 1. The number of carbonyl (C=O) groups excluding carboxylic acids is 1. The van der Waals surface area contributed by atoms with E-state index >= 15 is 0 Å². The number of nitrogens with one attached hydrogen (secondary N) is 1. The largest absolute Gasteiger partial charge is 0.349 e. The molecule has 6 nitrogen and oxygen atoms in total. The Morgan fingerprint density at radius 3 is 2.54 bits per heavy atom. The number of aryl methyl sites for hydroxylation is 1. The predicted octanol–water partition coefficient (Wildman–Crippen LogP) is 0.826. The summed E-state index contributed by atoms with van der Waals surface area (Å²) in [5, 5.41) is 3.10. The second-order valence-electron chi connectivity index (χ2n) is 7.16. The van der Waals surface area contributed by atoms with Crippen LogP contribution in [-0.4, -0.2) is 62.3 Å². The Balaban J connectivity index is 1.84. The van der Waals surface area contributed by atoms with Gasteiger partial charge >= 0.3 is 0 Å². The van der Waals surface area contributed by atoms with Gasteiger partial charge in [-0.05, 0) is 32.5 Å². The van der Waals surface area contributed by atoms with Crippen LogP contribution >= 0.6 is 0 Å². The van der Waals surface area contributed by atoms with E-state index < -0.39 is 10.0 Å².